The Morgan fingerprint density at radius 1 is 1.24 bits per heavy atom. The Morgan fingerprint density at radius 3 is 2.35 bits per heavy atom. The molecule has 0 fully saturated rings. The van der Waals surface area contributed by atoms with Crippen molar-refractivity contribution < 1.29 is 23.2 Å². The monoisotopic (exact) mass is 247 g/mol. The average molecular weight is 247 g/mol. The van der Waals surface area contributed by atoms with Crippen molar-refractivity contribution in [2.24, 2.45) is 0 Å². The van der Waals surface area contributed by atoms with Crippen molar-refractivity contribution in [2.45, 2.75) is 12.7 Å². The molecule has 0 aliphatic heterocycles. The fourth-order valence-electron chi connectivity index (χ4n) is 1.58. The van der Waals surface area contributed by atoms with Crippen LogP contribution >= 0.6 is 0 Å². The van der Waals surface area contributed by atoms with Gasteiger partial charge < -0.3 is 10.0 Å². The van der Waals surface area contributed by atoms with Gasteiger partial charge in [0.2, 0.25) is 0 Å². The van der Waals surface area contributed by atoms with Gasteiger partial charge in [0.15, 0.2) is 0 Å². The van der Waals surface area contributed by atoms with Crippen LogP contribution in [-0.4, -0.2) is 41.8 Å². The molecule has 0 spiro atoms. The molecule has 2 N–H and O–H groups in total. The zero-order chi connectivity index (χ0) is 13.1. The van der Waals surface area contributed by atoms with E-state index < -0.39 is 19.8 Å². The summed E-state index contributed by atoms with van der Waals surface area (Å²) in [5.41, 5.74) is 0.691. The molecule has 7 heteroatoms. The first-order valence-corrected chi connectivity index (χ1v) is 4.99. The molecule has 0 amide bonds. The van der Waals surface area contributed by atoms with E-state index in [2.05, 4.69) is 0 Å². The maximum Gasteiger partial charge on any atom is 0.488 e. The summed E-state index contributed by atoms with van der Waals surface area (Å²) < 4.78 is 36.4. The molecule has 0 unspecified atom stereocenters. The van der Waals surface area contributed by atoms with Gasteiger partial charge in [0.05, 0.1) is 6.54 Å². The van der Waals surface area contributed by atoms with E-state index in [4.69, 9.17) is 10.0 Å². The van der Waals surface area contributed by atoms with E-state index >= 15 is 0 Å². The molecular formula is C10H13BF3NO2. The highest BCUT2D eigenvalue weighted by atomic mass is 19.4. The topological polar surface area (TPSA) is 43.7 Å². The van der Waals surface area contributed by atoms with Gasteiger partial charge in [0, 0.05) is 6.54 Å². The first-order valence-electron chi connectivity index (χ1n) is 4.99. The fourth-order valence-corrected chi connectivity index (χ4v) is 1.58. The van der Waals surface area contributed by atoms with E-state index in [0.29, 0.717) is 5.56 Å². The first kappa shape index (κ1) is 14.0. The van der Waals surface area contributed by atoms with E-state index in [1.165, 1.54) is 13.1 Å². The van der Waals surface area contributed by atoms with E-state index in [0.717, 1.165) is 4.90 Å². The third kappa shape index (κ3) is 4.76. The van der Waals surface area contributed by atoms with Crippen molar-refractivity contribution in [3.63, 3.8) is 0 Å². The van der Waals surface area contributed by atoms with Crippen LogP contribution in [0.1, 0.15) is 5.56 Å². The molecule has 0 saturated heterocycles. The van der Waals surface area contributed by atoms with Gasteiger partial charge in [0.1, 0.15) is 0 Å². The van der Waals surface area contributed by atoms with Crippen LogP contribution in [0.3, 0.4) is 0 Å². The summed E-state index contributed by atoms with van der Waals surface area (Å²) in [4.78, 5) is 1.07. The Labute approximate surface area is 97.6 Å². The Kier molecular flexibility index (Phi) is 4.56. The van der Waals surface area contributed by atoms with Crippen LogP contribution < -0.4 is 5.46 Å². The SMILES string of the molecule is CN(Cc1ccccc1B(O)O)CC(F)(F)F. The number of hydrogen-bond donors (Lipinski definition) is 2. The summed E-state index contributed by atoms with van der Waals surface area (Å²) >= 11 is 0. The standard InChI is InChI=1S/C10H13BF3NO2/c1-15(7-10(12,13)14)6-8-4-2-3-5-9(8)11(16)17/h2-5,16-17H,6-7H2,1H3. The van der Waals surface area contributed by atoms with E-state index in [1.807, 2.05) is 0 Å². The van der Waals surface area contributed by atoms with Crippen molar-refractivity contribution >= 4 is 12.6 Å². The minimum Gasteiger partial charge on any atom is -0.423 e. The largest absolute Gasteiger partial charge is 0.488 e. The molecule has 1 rings (SSSR count). The highest BCUT2D eigenvalue weighted by Crippen LogP contribution is 2.16. The maximum absolute atomic E-state index is 12.1. The Morgan fingerprint density at radius 2 is 1.82 bits per heavy atom. The molecule has 1 aromatic carbocycles. The number of rotatable bonds is 4. The van der Waals surface area contributed by atoms with Crippen LogP contribution in [0.5, 0.6) is 0 Å². The van der Waals surface area contributed by atoms with Gasteiger partial charge in [-0.15, -0.1) is 0 Å². The third-order valence-electron chi connectivity index (χ3n) is 2.22. The van der Waals surface area contributed by atoms with Crippen LogP contribution in [0.25, 0.3) is 0 Å². The molecule has 1 aromatic rings. The second-order valence-corrected chi connectivity index (χ2v) is 3.86. The molecule has 0 radical (unpaired) electrons. The predicted octanol–water partition coefficient (Wildman–Crippen LogP) is 0.361. The second kappa shape index (κ2) is 5.53. The minimum absolute atomic E-state index is 0.00725. The van der Waals surface area contributed by atoms with Gasteiger partial charge in [-0.1, -0.05) is 24.3 Å². The summed E-state index contributed by atoms with van der Waals surface area (Å²) in [5.74, 6) is 0. The van der Waals surface area contributed by atoms with Crippen molar-refractivity contribution in [3.05, 3.63) is 29.8 Å². The summed E-state index contributed by atoms with van der Waals surface area (Å²) in [6.07, 6.45) is -4.26. The summed E-state index contributed by atoms with van der Waals surface area (Å²) in [6, 6.07) is 6.29. The van der Waals surface area contributed by atoms with Crippen molar-refractivity contribution in [2.75, 3.05) is 13.6 Å². The van der Waals surface area contributed by atoms with E-state index in [-0.39, 0.29) is 12.0 Å². The molecule has 3 nitrogen and oxygen atoms in total. The van der Waals surface area contributed by atoms with Gasteiger partial charge in [-0.3, -0.25) is 4.90 Å². The molecule has 17 heavy (non-hydrogen) atoms. The molecule has 94 valence electrons. The lowest BCUT2D eigenvalue weighted by Gasteiger charge is -2.20. The summed E-state index contributed by atoms with van der Waals surface area (Å²) in [6.45, 7) is -1.03. The molecule has 0 aliphatic carbocycles. The highest BCUT2D eigenvalue weighted by Gasteiger charge is 2.29. The molecule has 0 bridgehead atoms. The lowest BCUT2D eigenvalue weighted by atomic mass is 9.77. The molecule has 0 aromatic heterocycles. The number of alkyl halides is 3. The van der Waals surface area contributed by atoms with Crippen molar-refractivity contribution in [1.82, 2.24) is 4.90 Å². The number of hydrogen-bond acceptors (Lipinski definition) is 3. The lowest BCUT2D eigenvalue weighted by Crippen LogP contribution is -2.37. The molecule has 0 saturated carbocycles. The van der Waals surface area contributed by atoms with Gasteiger partial charge in [-0.05, 0) is 18.1 Å². The third-order valence-corrected chi connectivity index (χ3v) is 2.22. The smallest absolute Gasteiger partial charge is 0.423 e. The van der Waals surface area contributed by atoms with E-state index in [9.17, 15) is 13.2 Å². The fraction of sp³-hybridized carbons (Fsp3) is 0.400. The Hall–Kier alpha value is -1.05. The zero-order valence-corrected chi connectivity index (χ0v) is 9.28. The average Bonchev–Trinajstić information content (AvgIpc) is 2.14. The molecule has 0 atom stereocenters. The second-order valence-electron chi connectivity index (χ2n) is 3.86. The number of nitrogens with zero attached hydrogens (tertiary/aromatic N) is 1. The van der Waals surface area contributed by atoms with E-state index in [1.54, 1.807) is 18.2 Å². The van der Waals surface area contributed by atoms with Crippen LogP contribution in [-0.2, 0) is 6.54 Å². The Balaban J connectivity index is 2.74. The highest BCUT2D eigenvalue weighted by molar-refractivity contribution is 6.59. The van der Waals surface area contributed by atoms with Gasteiger partial charge in [-0.25, -0.2) is 0 Å². The normalized spacial score (nSPS) is 11.9. The maximum atomic E-state index is 12.1. The first-order chi connectivity index (χ1) is 7.79. The number of benzene rings is 1. The van der Waals surface area contributed by atoms with Crippen molar-refractivity contribution in [1.29, 1.82) is 0 Å². The summed E-state index contributed by atoms with van der Waals surface area (Å²) in [7, 11) is -0.348. The van der Waals surface area contributed by atoms with Crippen LogP contribution in [0.4, 0.5) is 13.2 Å². The number of halogens is 3. The van der Waals surface area contributed by atoms with Crippen LogP contribution in [0, 0.1) is 0 Å². The van der Waals surface area contributed by atoms with Gasteiger partial charge >= 0.3 is 13.3 Å². The zero-order valence-electron chi connectivity index (χ0n) is 9.28. The quantitative estimate of drug-likeness (QED) is 0.755. The molecule has 0 aliphatic rings. The van der Waals surface area contributed by atoms with Crippen LogP contribution in [0.2, 0.25) is 0 Å². The Bertz CT molecular complexity index is 371. The van der Waals surface area contributed by atoms with Crippen LogP contribution in [0.15, 0.2) is 24.3 Å². The molecular weight excluding hydrogens is 234 g/mol. The van der Waals surface area contributed by atoms with Crippen molar-refractivity contribution in [3.8, 4) is 0 Å². The lowest BCUT2D eigenvalue weighted by molar-refractivity contribution is -0.144. The van der Waals surface area contributed by atoms with Gasteiger partial charge in [0.25, 0.3) is 0 Å². The molecule has 0 heterocycles. The predicted molar refractivity (Wildman–Crippen MR) is 58.7 cm³/mol. The minimum atomic E-state index is -4.26. The summed E-state index contributed by atoms with van der Waals surface area (Å²) in [5, 5.41) is 18.1. The van der Waals surface area contributed by atoms with Gasteiger partial charge in [-0.2, -0.15) is 13.2 Å².